The summed E-state index contributed by atoms with van der Waals surface area (Å²) in [6, 6.07) is 22.6. The average molecular weight is 540 g/mol. The molecule has 0 bridgehead atoms. The van der Waals surface area contributed by atoms with Crippen LogP contribution in [0.3, 0.4) is 0 Å². The molecule has 1 unspecified atom stereocenters. The number of nitrogens with zero attached hydrogens (tertiary/aromatic N) is 3. The van der Waals surface area contributed by atoms with Crippen molar-refractivity contribution in [1.29, 1.82) is 0 Å². The Hall–Kier alpha value is -2.57. The second-order valence-electron chi connectivity index (χ2n) is 9.48. The van der Waals surface area contributed by atoms with Crippen molar-refractivity contribution in [2.24, 2.45) is 0 Å². The minimum absolute atomic E-state index is 0. The Morgan fingerprint density at radius 3 is 2.69 bits per heavy atom. The molecule has 4 nitrogen and oxygen atoms in total. The number of thiophene rings is 1. The van der Waals surface area contributed by atoms with Crippen LogP contribution in [0.2, 0.25) is 0 Å². The molecular weight excluding hydrogens is 507 g/mol. The first kappa shape index (κ1) is 26.5. The van der Waals surface area contributed by atoms with Crippen molar-refractivity contribution >= 4 is 63.8 Å². The van der Waals surface area contributed by atoms with Gasteiger partial charge >= 0.3 is 0 Å². The lowest BCUT2D eigenvalue weighted by molar-refractivity contribution is 0.128. The van der Waals surface area contributed by atoms with Crippen LogP contribution in [-0.4, -0.2) is 47.5 Å². The van der Waals surface area contributed by atoms with Crippen LogP contribution >= 0.6 is 36.2 Å². The highest BCUT2D eigenvalue weighted by Crippen LogP contribution is 2.35. The fourth-order valence-electron chi connectivity index (χ4n) is 5.31. The summed E-state index contributed by atoms with van der Waals surface area (Å²) in [5.74, 6) is 0. The zero-order valence-electron chi connectivity index (χ0n) is 20.6. The molecule has 4 heterocycles. The summed E-state index contributed by atoms with van der Waals surface area (Å²) < 4.78 is 0. The largest absolute Gasteiger partial charge is 0.366 e. The van der Waals surface area contributed by atoms with Crippen molar-refractivity contribution < 1.29 is 0 Å². The van der Waals surface area contributed by atoms with Gasteiger partial charge in [0.1, 0.15) is 5.00 Å². The number of nitrogens with one attached hydrogen (secondary N) is 1. The van der Waals surface area contributed by atoms with E-state index >= 15 is 0 Å². The minimum Gasteiger partial charge on any atom is -0.366 e. The Bertz CT molecular complexity index is 1480. The molecule has 2 aromatic heterocycles. The Kier molecular flexibility index (Phi) is 8.26. The lowest BCUT2D eigenvalue weighted by Gasteiger charge is -2.41. The molecule has 36 heavy (non-hydrogen) atoms. The minimum atomic E-state index is 0. The summed E-state index contributed by atoms with van der Waals surface area (Å²) in [6.07, 6.45) is 6.27. The summed E-state index contributed by atoms with van der Waals surface area (Å²) in [7, 11) is 2.28. The molecular formula is C29H32Cl2N4S. The molecule has 0 aliphatic carbocycles. The first-order chi connectivity index (χ1) is 16.7. The van der Waals surface area contributed by atoms with Gasteiger partial charge in [0.25, 0.3) is 0 Å². The van der Waals surface area contributed by atoms with E-state index in [-0.39, 0.29) is 24.8 Å². The quantitative estimate of drug-likeness (QED) is 0.395. The number of rotatable bonds is 4. The van der Waals surface area contributed by atoms with Crippen LogP contribution in [0.15, 0.2) is 66.9 Å². The van der Waals surface area contributed by atoms with E-state index in [1.807, 2.05) is 23.6 Å². The van der Waals surface area contributed by atoms with Crippen LogP contribution in [0.25, 0.3) is 22.7 Å². The standard InChI is InChI=1S/C29H30N4S.2ClH/c1-20-16-26-28(27-24(8-5-13-30-27)18-31-29(26)34-20)33-15-14-32(2)25(19-33)12-10-21-9-11-22-6-3-4-7-23(22)17-21;;/h3-9,11,13,16-18,25,31H,10,12,14-15,19H2,1-2H3;2*1H. The first-order valence-electron chi connectivity index (χ1n) is 12.1. The molecule has 1 N–H and O–H groups in total. The summed E-state index contributed by atoms with van der Waals surface area (Å²) >= 11 is 1.82. The number of pyridine rings is 1. The molecule has 188 valence electrons. The number of hydrogen-bond donors (Lipinski definition) is 1. The molecule has 0 saturated carbocycles. The third kappa shape index (κ3) is 5.12. The van der Waals surface area contributed by atoms with Crippen molar-refractivity contribution in [3.8, 4) is 0 Å². The van der Waals surface area contributed by atoms with E-state index in [0.717, 1.165) is 43.0 Å². The van der Waals surface area contributed by atoms with E-state index in [9.17, 15) is 0 Å². The van der Waals surface area contributed by atoms with Gasteiger partial charge in [0.05, 0.1) is 11.0 Å². The van der Waals surface area contributed by atoms with Crippen LogP contribution in [0.1, 0.15) is 22.4 Å². The molecule has 0 radical (unpaired) electrons. The van der Waals surface area contributed by atoms with Gasteiger partial charge in [-0.1, -0.05) is 42.5 Å². The molecule has 2 aliphatic rings. The lowest BCUT2D eigenvalue weighted by atomic mass is 9.99. The lowest BCUT2D eigenvalue weighted by Crippen LogP contribution is -2.52. The van der Waals surface area contributed by atoms with Crippen LogP contribution in [0, 0.1) is 6.92 Å². The number of piperazine rings is 1. The Morgan fingerprint density at radius 1 is 1.00 bits per heavy atom. The Morgan fingerprint density at radius 2 is 1.83 bits per heavy atom. The number of aryl methyl sites for hydroxylation is 2. The predicted molar refractivity (Wildman–Crippen MR) is 158 cm³/mol. The van der Waals surface area contributed by atoms with E-state index in [4.69, 9.17) is 4.98 Å². The number of likely N-dealkylation sites (N-methyl/N-ethyl adjacent to an activating group) is 1. The maximum atomic E-state index is 4.85. The molecule has 1 atom stereocenters. The summed E-state index contributed by atoms with van der Waals surface area (Å²) in [4.78, 5) is 11.3. The zero-order valence-corrected chi connectivity index (χ0v) is 23.1. The van der Waals surface area contributed by atoms with Gasteiger partial charge < -0.3 is 10.2 Å². The fraction of sp³-hybridized carbons (Fsp3) is 0.276. The van der Waals surface area contributed by atoms with Crippen LogP contribution in [0.5, 0.6) is 0 Å². The van der Waals surface area contributed by atoms with E-state index in [2.05, 4.69) is 89.9 Å². The van der Waals surface area contributed by atoms with Crippen molar-refractivity contribution in [1.82, 2.24) is 14.8 Å². The summed E-state index contributed by atoms with van der Waals surface area (Å²) in [5.41, 5.74) is 3.99. The predicted octanol–water partition coefficient (Wildman–Crippen LogP) is 5.02. The normalized spacial score (nSPS) is 17.1. The average Bonchev–Trinajstić information content (AvgIpc) is 3.16. The molecule has 7 heteroatoms. The molecule has 4 aromatic rings. The maximum absolute atomic E-state index is 4.85. The number of halogens is 2. The monoisotopic (exact) mass is 538 g/mol. The molecule has 6 rings (SSSR count). The topological polar surface area (TPSA) is 31.4 Å². The summed E-state index contributed by atoms with van der Waals surface area (Å²) in [6.45, 7) is 5.28. The molecule has 1 fully saturated rings. The third-order valence-electron chi connectivity index (χ3n) is 7.21. The van der Waals surface area contributed by atoms with Crippen LogP contribution in [0.4, 0.5) is 5.00 Å². The van der Waals surface area contributed by atoms with E-state index in [1.165, 1.54) is 37.5 Å². The number of aromatic nitrogens is 1. The van der Waals surface area contributed by atoms with Gasteiger partial charge in [-0.25, -0.2) is 0 Å². The number of benzene rings is 2. The van der Waals surface area contributed by atoms with E-state index in [1.54, 1.807) is 0 Å². The van der Waals surface area contributed by atoms with Crippen LogP contribution < -0.4 is 15.9 Å². The molecule has 0 amide bonds. The van der Waals surface area contributed by atoms with E-state index < -0.39 is 0 Å². The van der Waals surface area contributed by atoms with Gasteiger partial charge in [-0.15, -0.1) is 36.2 Å². The first-order valence-corrected chi connectivity index (χ1v) is 12.9. The highest BCUT2D eigenvalue weighted by molar-refractivity contribution is 7.16. The number of hydrogen-bond acceptors (Lipinski definition) is 5. The molecule has 2 aromatic carbocycles. The zero-order chi connectivity index (χ0) is 23.1. The van der Waals surface area contributed by atoms with Gasteiger partial charge in [0.2, 0.25) is 0 Å². The second-order valence-corrected chi connectivity index (χ2v) is 10.7. The number of anilines is 1. The summed E-state index contributed by atoms with van der Waals surface area (Å²) in [5, 5.41) is 9.66. The van der Waals surface area contributed by atoms with Gasteiger partial charge in [-0.3, -0.25) is 9.88 Å². The van der Waals surface area contributed by atoms with Crippen molar-refractivity contribution in [2.75, 3.05) is 32.0 Å². The number of fused-ring (bicyclic) bond motifs is 3. The van der Waals surface area contributed by atoms with Crippen molar-refractivity contribution in [3.63, 3.8) is 0 Å². The van der Waals surface area contributed by atoms with Gasteiger partial charge in [-0.2, -0.15) is 0 Å². The second kappa shape index (κ2) is 11.2. The van der Waals surface area contributed by atoms with Crippen molar-refractivity contribution in [3.05, 3.63) is 93.4 Å². The molecule has 2 aliphatic heterocycles. The highest BCUT2D eigenvalue weighted by Gasteiger charge is 2.29. The smallest absolute Gasteiger partial charge is 0.102 e. The third-order valence-corrected chi connectivity index (χ3v) is 8.19. The van der Waals surface area contributed by atoms with Crippen LogP contribution in [-0.2, 0) is 6.42 Å². The fourth-order valence-corrected chi connectivity index (χ4v) is 6.19. The van der Waals surface area contributed by atoms with E-state index in [0.29, 0.717) is 6.04 Å². The van der Waals surface area contributed by atoms with Gasteiger partial charge in [-0.05, 0) is 61.3 Å². The molecule has 0 spiro atoms. The van der Waals surface area contributed by atoms with Crippen molar-refractivity contribution in [2.45, 2.75) is 25.8 Å². The Labute approximate surface area is 229 Å². The highest BCUT2D eigenvalue weighted by atomic mass is 35.5. The SMILES string of the molecule is Cc1cc2c(s1)NC=c1cccnc1=C2N1CCN(C)C(CCc2ccc3ccccc3c2)C1.Cl.Cl. The Balaban J connectivity index is 0.00000152. The van der Waals surface area contributed by atoms with Gasteiger partial charge in [0, 0.05) is 53.7 Å². The van der Waals surface area contributed by atoms with Gasteiger partial charge in [0.15, 0.2) is 0 Å². The molecule has 1 saturated heterocycles. The maximum Gasteiger partial charge on any atom is 0.102 e.